The summed E-state index contributed by atoms with van der Waals surface area (Å²) in [5, 5.41) is 11.3. The van der Waals surface area contributed by atoms with Crippen LogP contribution in [0.4, 0.5) is 18.9 Å². The molecule has 2 aromatic heterocycles. The van der Waals surface area contributed by atoms with Crippen LogP contribution in [0.25, 0.3) is 0 Å². The maximum Gasteiger partial charge on any atom is 0.411 e. The smallest absolute Gasteiger partial charge is 0.350 e. The maximum atomic E-state index is 12.3. The Labute approximate surface area is 153 Å². The first-order chi connectivity index (χ1) is 12.1. The molecule has 26 heavy (non-hydrogen) atoms. The molecule has 0 aliphatic carbocycles. The summed E-state index contributed by atoms with van der Waals surface area (Å²) in [6.07, 6.45) is -1.67. The summed E-state index contributed by atoms with van der Waals surface area (Å²) < 4.78 is 43.4. The number of carbonyl (C=O) groups is 1. The van der Waals surface area contributed by atoms with E-state index in [0.717, 1.165) is 10.4 Å². The Hall–Kier alpha value is -2.07. The zero-order valence-electron chi connectivity index (χ0n) is 14.5. The van der Waals surface area contributed by atoms with Gasteiger partial charge in [0.05, 0.1) is 47.0 Å². The minimum atomic E-state index is -4.40. The van der Waals surface area contributed by atoms with Gasteiger partial charge in [-0.15, -0.1) is 0 Å². The lowest BCUT2D eigenvalue weighted by Gasteiger charge is -2.12. The lowest BCUT2D eigenvalue weighted by Crippen LogP contribution is -2.25. The molecule has 0 aromatic carbocycles. The largest absolute Gasteiger partial charge is 0.411 e. The van der Waals surface area contributed by atoms with E-state index in [1.807, 2.05) is 6.92 Å². The highest BCUT2D eigenvalue weighted by Crippen LogP contribution is 2.20. The number of hydrogen-bond donors (Lipinski definition) is 1. The summed E-state index contributed by atoms with van der Waals surface area (Å²) in [6, 6.07) is 0. The molecule has 0 fully saturated rings. The number of halogens is 4. The number of nitrogens with one attached hydrogen (secondary N) is 1. The summed E-state index contributed by atoms with van der Waals surface area (Å²) in [4.78, 5) is 12.3. The third kappa shape index (κ3) is 5.46. The van der Waals surface area contributed by atoms with Crippen LogP contribution >= 0.6 is 11.6 Å². The van der Waals surface area contributed by atoms with Gasteiger partial charge in [0, 0.05) is 0 Å². The van der Waals surface area contributed by atoms with Crippen molar-refractivity contribution >= 4 is 23.2 Å². The first-order valence-corrected chi connectivity index (χ1v) is 8.12. The van der Waals surface area contributed by atoms with Crippen molar-refractivity contribution in [1.29, 1.82) is 0 Å². The topological polar surface area (TPSA) is 74.0 Å². The molecule has 2 heterocycles. The molecular weight excluding hydrogens is 375 g/mol. The van der Waals surface area contributed by atoms with E-state index in [1.54, 1.807) is 18.5 Å². The SMILES string of the molecule is Cc1nn(CC(C)C(=O)Nc2cnn(COCC(F)(F)F)c2)c(C)c1Cl. The highest BCUT2D eigenvalue weighted by molar-refractivity contribution is 6.31. The lowest BCUT2D eigenvalue weighted by molar-refractivity contribution is -0.182. The number of ether oxygens (including phenoxy) is 1. The molecule has 144 valence electrons. The van der Waals surface area contributed by atoms with Crippen molar-refractivity contribution in [3.05, 3.63) is 28.8 Å². The highest BCUT2D eigenvalue weighted by atomic mass is 35.5. The molecule has 0 saturated carbocycles. The van der Waals surface area contributed by atoms with Gasteiger partial charge in [-0.1, -0.05) is 18.5 Å². The minimum Gasteiger partial charge on any atom is -0.350 e. The Morgan fingerprint density at radius 2 is 2.12 bits per heavy atom. The standard InChI is InChI=1S/C15H19ClF3N5O2/c1-9(5-24-11(3)13(16)10(2)22-24)14(25)21-12-4-20-23(6-12)8-26-7-15(17,18)19/h4,6,9H,5,7-8H2,1-3H3,(H,21,25). The molecule has 1 N–H and O–H groups in total. The molecule has 2 rings (SSSR count). The second-order valence-electron chi connectivity index (χ2n) is 5.92. The fourth-order valence-corrected chi connectivity index (χ4v) is 2.35. The van der Waals surface area contributed by atoms with E-state index in [9.17, 15) is 18.0 Å². The van der Waals surface area contributed by atoms with E-state index in [0.29, 0.717) is 22.9 Å². The first kappa shape index (κ1) is 20.2. The predicted octanol–water partition coefficient (Wildman–Crippen LogP) is 3.16. The first-order valence-electron chi connectivity index (χ1n) is 7.74. The van der Waals surface area contributed by atoms with Gasteiger partial charge in [0.2, 0.25) is 5.91 Å². The van der Waals surface area contributed by atoms with Crippen molar-refractivity contribution in [3.63, 3.8) is 0 Å². The normalized spacial score (nSPS) is 13.0. The summed E-state index contributed by atoms with van der Waals surface area (Å²) in [6.45, 7) is 3.94. The summed E-state index contributed by atoms with van der Waals surface area (Å²) in [5.74, 6) is -0.682. The molecule has 11 heteroatoms. The van der Waals surface area contributed by atoms with Crippen LogP contribution in [0.15, 0.2) is 12.4 Å². The van der Waals surface area contributed by atoms with Crippen molar-refractivity contribution in [1.82, 2.24) is 19.6 Å². The quantitative estimate of drug-likeness (QED) is 0.784. The van der Waals surface area contributed by atoms with Crippen LogP contribution in [0, 0.1) is 19.8 Å². The van der Waals surface area contributed by atoms with Crippen LogP contribution in [-0.4, -0.2) is 38.3 Å². The average molecular weight is 394 g/mol. The Balaban J connectivity index is 1.88. The number of aryl methyl sites for hydroxylation is 1. The van der Waals surface area contributed by atoms with Gasteiger partial charge in [0.1, 0.15) is 13.3 Å². The van der Waals surface area contributed by atoms with E-state index < -0.39 is 18.7 Å². The van der Waals surface area contributed by atoms with Gasteiger partial charge in [0.25, 0.3) is 0 Å². The third-order valence-corrected chi connectivity index (χ3v) is 4.12. The number of aromatic nitrogens is 4. The number of nitrogens with zero attached hydrogens (tertiary/aromatic N) is 4. The molecule has 0 radical (unpaired) electrons. The van der Waals surface area contributed by atoms with Crippen LogP contribution in [0.5, 0.6) is 0 Å². The van der Waals surface area contributed by atoms with Crippen LogP contribution in [0.3, 0.4) is 0 Å². The number of rotatable bonds is 7. The Kier molecular flexibility index (Phi) is 6.30. The van der Waals surface area contributed by atoms with Crippen LogP contribution < -0.4 is 5.32 Å². The molecule has 0 saturated heterocycles. The van der Waals surface area contributed by atoms with E-state index in [-0.39, 0.29) is 12.6 Å². The number of hydrogen-bond acceptors (Lipinski definition) is 4. The van der Waals surface area contributed by atoms with E-state index in [2.05, 4.69) is 20.3 Å². The van der Waals surface area contributed by atoms with Crippen molar-refractivity contribution in [3.8, 4) is 0 Å². The minimum absolute atomic E-state index is 0.274. The maximum absolute atomic E-state index is 12.3. The summed E-state index contributed by atoms with van der Waals surface area (Å²) >= 11 is 6.09. The van der Waals surface area contributed by atoms with Crippen LogP contribution in [0.1, 0.15) is 18.3 Å². The van der Waals surface area contributed by atoms with E-state index >= 15 is 0 Å². The second kappa shape index (κ2) is 8.09. The van der Waals surface area contributed by atoms with Gasteiger partial charge in [-0.25, -0.2) is 4.68 Å². The molecule has 0 spiro atoms. The van der Waals surface area contributed by atoms with E-state index in [1.165, 1.54) is 12.4 Å². The fraction of sp³-hybridized carbons (Fsp3) is 0.533. The zero-order valence-corrected chi connectivity index (χ0v) is 15.2. The molecule has 1 unspecified atom stereocenters. The molecule has 0 aliphatic heterocycles. The van der Waals surface area contributed by atoms with Crippen molar-refractivity contribution < 1.29 is 22.7 Å². The third-order valence-electron chi connectivity index (χ3n) is 3.58. The van der Waals surface area contributed by atoms with Crippen molar-refractivity contribution in [2.75, 3.05) is 11.9 Å². The highest BCUT2D eigenvalue weighted by Gasteiger charge is 2.27. The predicted molar refractivity (Wildman–Crippen MR) is 88.7 cm³/mol. The van der Waals surface area contributed by atoms with Crippen molar-refractivity contribution in [2.45, 2.75) is 40.2 Å². The second-order valence-corrected chi connectivity index (χ2v) is 6.30. The van der Waals surface area contributed by atoms with Gasteiger partial charge in [-0.05, 0) is 13.8 Å². The molecule has 1 amide bonds. The van der Waals surface area contributed by atoms with Gasteiger partial charge < -0.3 is 10.1 Å². The van der Waals surface area contributed by atoms with Gasteiger partial charge in [-0.3, -0.25) is 9.48 Å². The molecule has 7 nitrogen and oxygen atoms in total. The molecule has 1 atom stereocenters. The Bertz CT molecular complexity index is 772. The number of anilines is 1. The summed E-state index contributed by atoms with van der Waals surface area (Å²) in [7, 11) is 0. The molecule has 0 aliphatic rings. The fourth-order valence-electron chi connectivity index (χ4n) is 2.21. The van der Waals surface area contributed by atoms with Gasteiger partial charge >= 0.3 is 6.18 Å². The Morgan fingerprint density at radius 1 is 1.42 bits per heavy atom. The molecular formula is C15H19ClF3N5O2. The van der Waals surface area contributed by atoms with Gasteiger partial charge in [0.15, 0.2) is 0 Å². The Morgan fingerprint density at radius 3 is 2.69 bits per heavy atom. The monoisotopic (exact) mass is 393 g/mol. The number of alkyl halides is 3. The molecule has 2 aromatic rings. The van der Waals surface area contributed by atoms with Crippen molar-refractivity contribution in [2.24, 2.45) is 5.92 Å². The summed E-state index contributed by atoms with van der Waals surface area (Å²) in [5.41, 5.74) is 1.83. The number of amides is 1. The zero-order chi connectivity index (χ0) is 19.5. The lowest BCUT2D eigenvalue weighted by atomic mass is 10.1. The van der Waals surface area contributed by atoms with Gasteiger partial charge in [-0.2, -0.15) is 23.4 Å². The average Bonchev–Trinajstić information content (AvgIpc) is 3.07. The molecule has 0 bridgehead atoms. The van der Waals surface area contributed by atoms with Crippen LogP contribution in [0.2, 0.25) is 5.02 Å². The van der Waals surface area contributed by atoms with Crippen LogP contribution in [-0.2, 0) is 22.8 Å². The number of carbonyl (C=O) groups excluding carboxylic acids is 1. The van der Waals surface area contributed by atoms with E-state index in [4.69, 9.17) is 11.6 Å².